The fourth-order valence-electron chi connectivity index (χ4n) is 5.25. The minimum atomic E-state index is -4.67. The molecule has 65 heavy (non-hydrogen) atoms. The van der Waals surface area contributed by atoms with Gasteiger partial charge in [0.15, 0.2) is 0 Å². The summed E-state index contributed by atoms with van der Waals surface area (Å²) in [7, 11) is -4.67. The first-order valence-corrected chi connectivity index (χ1v) is 25.0. The normalized spacial score (nSPS) is 15.1. The standard InChI is InChI=1S/C54H82NO9P/c1-3-5-7-9-11-13-15-17-19-21-23-25-26-27-28-30-32-34-36-38-40-42-44-46-53(56)64-51(49-62-65(59,60)63-50-52(55)54(57)58)48-61-47-45-43-41-39-37-35-33-31-29-24-22-20-18-16-14-12-10-8-6-4-2/h5-8,11-14,17-20,23-25,27-29,32-35,38-41,51-52H,3-4,9-10,15-16,21-22,26,30-31,36-37,42-50,55H2,1-2H3,(H,57,58)(H,59,60)/b7-5-,8-6-,13-11-,14-12-,19-17-,20-18-,25-23-,28-27-,29-24-,34-32-,35-33-,40-38-,41-39-. The number of carbonyl (C=O) groups excluding carboxylic acids is 1. The van der Waals surface area contributed by atoms with Crippen LogP contribution < -0.4 is 5.73 Å². The minimum Gasteiger partial charge on any atom is -0.480 e. The maximum absolute atomic E-state index is 12.7. The Hall–Kier alpha value is -4.41. The second-order valence-corrected chi connectivity index (χ2v) is 16.2. The summed E-state index contributed by atoms with van der Waals surface area (Å²) in [4.78, 5) is 33.6. The van der Waals surface area contributed by atoms with Crippen molar-refractivity contribution in [2.45, 2.75) is 142 Å². The van der Waals surface area contributed by atoms with Gasteiger partial charge in [0.2, 0.25) is 0 Å². The average Bonchev–Trinajstić information content (AvgIpc) is 3.29. The van der Waals surface area contributed by atoms with E-state index in [-0.39, 0.29) is 13.0 Å². The molecule has 3 unspecified atom stereocenters. The smallest absolute Gasteiger partial charge is 0.472 e. The van der Waals surface area contributed by atoms with E-state index in [1.165, 1.54) is 0 Å². The summed E-state index contributed by atoms with van der Waals surface area (Å²) in [5.74, 6) is -1.88. The largest absolute Gasteiger partial charge is 0.480 e. The van der Waals surface area contributed by atoms with Crippen molar-refractivity contribution >= 4 is 19.8 Å². The highest BCUT2D eigenvalue weighted by molar-refractivity contribution is 7.47. The lowest BCUT2D eigenvalue weighted by Gasteiger charge is -2.20. The van der Waals surface area contributed by atoms with Crippen molar-refractivity contribution in [1.82, 2.24) is 0 Å². The minimum absolute atomic E-state index is 0.0595. The molecule has 0 aromatic carbocycles. The average molecular weight is 920 g/mol. The molecule has 0 bridgehead atoms. The molecule has 0 saturated heterocycles. The molecule has 3 atom stereocenters. The van der Waals surface area contributed by atoms with Crippen molar-refractivity contribution in [3.63, 3.8) is 0 Å². The van der Waals surface area contributed by atoms with Gasteiger partial charge >= 0.3 is 19.8 Å². The van der Waals surface area contributed by atoms with Crippen LogP contribution in [-0.2, 0) is 32.7 Å². The van der Waals surface area contributed by atoms with Crippen LogP contribution in [0.5, 0.6) is 0 Å². The number of phosphoric ester groups is 1. The summed E-state index contributed by atoms with van der Waals surface area (Å²) >= 11 is 0. The van der Waals surface area contributed by atoms with Crippen LogP contribution in [0.15, 0.2) is 158 Å². The van der Waals surface area contributed by atoms with Gasteiger partial charge in [0.1, 0.15) is 12.1 Å². The number of rotatable bonds is 42. The number of carbonyl (C=O) groups is 2. The Balaban J connectivity index is 4.47. The number of nitrogens with two attached hydrogens (primary N) is 1. The van der Waals surface area contributed by atoms with Crippen molar-refractivity contribution < 1.29 is 42.7 Å². The second-order valence-electron chi connectivity index (χ2n) is 14.8. The molecule has 0 aromatic rings. The first kappa shape index (κ1) is 60.6. The number of ether oxygens (including phenoxy) is 2. The molecule has 4 N–H and O–H groups in total. The molecule has 0 aliphatic heterocycles. The van der Waals surface area contributed by atoms with Crippen LogP contribution in [0, 0.1) is 0 Å². The highest BCUT2D eigenvalue weighted by Gasteiger charge is 2.27. The Morgan fingerprint density at radius 1 is 0.492 bits per heavy atom. The molecule has 0 radical (unpaired) electrons. The van der Waals surface area contributed by atoms with Crippen molar-refractivity contribution in [3.8, 4) is 0 Å². The predicted molar refractivity (Wildman–Crippen MR) is 271 cm³/mol. The number of hydrogen-bond donors (Lipinski definition) is 3. The molecule has 10 nitrogen and oxygen atoms in total. The lowest BCUT2D eigenvalue weighted by Crippen LogP contribution is -2.34. The van der Waals surface area contributed by atoms with E-state index in [2.05, 4.69) is 166 Å². The zero-order valence-electron chi connectivity index (χ0n) is 39.5. The van der Waals surface area contributed by atoms with Gasteiger partial charge in [-0.1, -0.05) is 172 Å². The van der Waals surface area contributed by atoms with Crippen LogP contribution in [0.2, 0.25) is 0 Å². The third-order valence-electron chi connectivity index (χ3n) is 8.80. The van der Waals surface area contributed by atoms with Crippen LogP contribution in [0.25, 0.3) is 0 Å². The van der Waals surface area contributed by atoms with Gasteiger partial charge < -0.3 is 25.2 Å². The lowest BCUT2D eigenvalue weighted by molar-refractivity contribution is -0.154. The second kappa shape index (κ2) is 47.5. The number of phosphoric acid groups is 1. The molecular formula is C54H82NO9P. The number of esters is 1. The molecule has 0 aliphatic rings. The van der Waals surface area contributed by atoms with Crippen LogP contribution in [0.1, 0.15) is 129 Å². The first-order valence-electron chi connectivity index (χ1n) is 23.5. The van der Waals surface area contributed by atoms with E-state index >= 15 is 0 Å². The number of hydrogen-bond acceptors (Lipinski definition) is 8. The fourth-order valence-corrected chi connectivity index (χ4v) is 6.03. The summed E-state index contributed by atoms with van der Waals surface area (Å²) in [5.41, 5.74) is 5.36. The molecule has 0 rings (SSSR count). The van der Waals surface area contributed by atoms with Gasteiger partial charge in [-0.2, -0.15) is 0 Å². The predicted octanol–water partition coefficient (Wildman–Crippen LogP) is 13.8. The quantitative estimate of drug-likeness (QED) is 0.0233. The van der Waals surface area contributed by atoms with Gasteiger partial charge in [-0.3, -0.25) is 18.6 Å². The van der Waals surface area contributed by atoms with Crippen molar-refractivity contribution in [2.24, 2.45) is 5.73 Å². The summed E-state index contributed by atoms with van der Waals surface area (Å²) in [6, 6.07) is -1.50. The van der Waals surface area contributed by atoms with Gasteiger partial charge in [0.05, 0.1) is 19.8 Å². The van der Waals surface area contributed by atoms with Gasteiger partial charge in [0, 0.05) is 13.0 Å². The van der Waals surface area contributed by atoms with Gasteiger partial charge in [0.25, 0.3) is 0 Å². The number of aliphatic carboxylic acids is 1. The topological polar surface area (TPSA) is 155 Å². The number of unbranched alkanes of at least 4 members (excludes halogenated alkanes) is 2. The van der Waals surface area contributed by atoms with Gasteiger partial charge in [-0.05, 0) is 109 Å². The lowest BCUT2D eigenvalue weighted by atomic mass is 10.2. The third kappa shape index (κ3) is 47.4. The molecule has 0 spiro atoms. The Morgan fingerprint density at radius 3 is 1.17 bits per heavy atom. The van der Waals surface area contributed by atoms with Gasteiger partial charge in [-0.15, -0.1) is 0 Å². The van der Waals surface area contributed by atoms with Crippen molar-refractivity contribution in [2.75, 3.05) is 26.4 Å². The van der Waals surface area contributed by atoms with Crippen LogP contribution >= 0.6 is 7.82 Å². The first-order chi connectivity index (χ1) is 31.7. The van der Waals surface area contributed by atoms with E-state index < -0.39 is 45.1 Å². The number of carboxylic acid groups (broad SMARTS) is 1. The van der Waals surface area contributed by atoms with E-state index in [9.17, 15) is 19.0 Å². The Kier molecular flexibility index (Phi) is 44.3. The highest BCUT2D eigenvalue weighted by Crippen LogP contribution is 2.43. The molecule has 0 fully saturated rings. The molecule has 0 aromatic heterocycles. The fraction of sp³-hybridized carbons (Fsp3) is 0.481. The highest BCUT2D eigenvalue weighted by atomic mass is 31.2. The van der Waals surface area contributed by atoms with Crippen molar-refractivity contribution in [3.05, 3.63) is 158 Å². The van der Waals surface area contributed by atoms with E-state index in [1.807, 2.05) is 6.08 Å². The molecule has 0 aliphatic carbocycles. The van der Waals surface area contributed by atoms with E-state index in [4.69, 9.17) is 29.4 Å². The molecule has 0 amide bonds. The maximum Gasteiger partial charge on any atom is 0.472 e. The maximum atomic E-state index is 12.7. The summed E-state index contributed by atoms with van der Waals surface area (Å²) < 4.78 is 33.3. The number of allylic oxidation sites excluding steroid dienone is 26. The summed E-state index contributed by atoms with van der Waals surface area (Å²) in [6.45, 7) is 3.38. The van der Waals surface area contributed by atoms with Gasteiger partial charge in [-0.25, -0.2) is 4.57 Å². The zero-order chi connectivity index (χ0) is 47.6. The van der Waals surface area contributed by atoms with Crippen LogP contribution in [-0.4, -0.2) is 60.5 Å². The molecule has 0 saturated carbocycles. The summed E-state index contributed by atoms with van der Waals surface area (Å²) in [5, 5.41) is 8.92. The van der Waals surface area contributed by atoms with Crippen molar-refractivity contribution in [1.29, 1.82) is 0 Å². The summed E-state index contributed by atoms with van der Waals surface area (Å²) in [6.07, 6.45) is 70.3. The molecule has 362 valence electrons. The van der Waals surface area contributed by atoms with E-state index in [0.29, 0.717) is 19.4 Å². The molecule has 0 heterocycles. The zero-order valence-corrected chi connectivity index (χ0v) is 40.4. The van der Waals surface area contributed by atoms with E-state index in [1.54, 1.807) is 0 Å². The Labute approximate surface area is 392 Å². The Morgan fingerprint density at radius 2 is 0.815 bits per heavy atom. The number of carboxylic acids is 1. The van der Waals surface area contributed by atoms with Crippen LogP contribution in [0.3, 0.4) is 0 Å². The molecular weight excluding hydrogens is 838 g/mol. The Bertz CT molecular complexity index is 1630. The van der Waals surface area contributed by atoms with E-state index in [0.717, 1.165) is 96.3 Å². The van der Waals surface area contributed by atoms with Crippen LogP contribution in [0.4, 0.5) is 0 Å². The third-order valence-corrected chi connectivity index (χ3v) is 9.75. The SMILES string of the molecule is CC/C=C\C/C=C\C/C=C\C/C=C\C/C=C\C/C=C\C/C=C\CCCC(=O)OC(COCCC/C=C\C/C=C\C/C=C\C/C=C\C/C=C\C/C=C\CC)COP(=O)(O)OCC(N)C(=O)O. The monoisotopic (exact) mass is 920 g/mol. The molecule has 11 heteroatoms.